The Bertz CT molecular complexity index is 1200. The number of ether oxygens (including phenoxy) is 2. The molecule has 7 nitrogen and oxygen atoms in total. The lowest BCUT2D eigenvalue weighted by Crippen LogP contribution is -2.37. The standard InChI is InChI=1S/C26H24F3N3O4/c27-26(28,29)19-6-11-23(32-12-14-35-15-13-32)22(16-19)31-24(33)17-36-21-9-7-20(8-10-21)30-25(34)18-4-2-1-3-5-18/h1-11,16H,12-15,17H2,(H,30,34)(H,31,33). The minimum atomic E-state index is -4.54. The molecule has 1 saturated heterocycles. The van der Waals surface area contributed by atoms with Crippen molar-refractivity contribution in [3.8, 4) is 5.75 Å². The molecule has 0 aliphatic carbocycles. The van der Waals surface area contributed by atoms with Crippen molar-refractivity contribution in [2.24, 2.45) is 0 Å². The molecule has 0 saturated carbocycles. The van der Waals surface area contributed by atoms with Gasteiger partial charge < -0.3 is 25.0 Å². The van der Waals surface area contributed by atoms with Gasteiger partial charge in [0.2, 0.25) is 0 Å². The van der Waals surface area contributed by atoms with Crippen molar-refractivity contribution < 1.29 is 32.2 Å². The van der Waals surface area contributed by atoms with Gasteiger partial charge >= 0.3 is 6.18 Å². The van der Waals surface area contributed by atoms with E-state index >= 15 is 0 Å². The number of hydrogen-bond donors (Lipinski definition) is 2. The fraction of sp³-hybridized carbons (Fsp3) is 0.231. The van der Waals surface area contributed by atoms with Crippen LogP contribution in [-0.4, -0.2) is 44.7 Å². The van der Waals surface area contributed by atoms with Gasteiger partial charge in [0.15, 0.2) is 6.61 Å². The number of rotatable bonds is 7. The summed E-state index contributed by atoms with van der Waals surface area (Å²) < 4.78 is 50.6. The van der Waals surface area contributed by atoms with Crippen LogP contribution < -0.4 is 20.3 Å². The normalized spacial score (nSPS) is 13.7. The fourth-order valence-corrected chi connectivity index (χ4v) is 3.65. The number of nitrogens with zero attached hydrogens (tertiary/aromatic N) is 1. The van der Waals surface area contributed by atoms with Crippen molar-refractivity contribution in [3.63, 3.8) is 0 Å². The second-order valence-electron chi connectivity index (χ2n) is 8.01. The van der Waals surface area contributed by atoms with Crippen molar-refractivity contribution in [2.45, 2.75) is 6.18 Å². The quantitative estimate of drug-likeness (QED) is 0.488. The lowest BCUT2D eigenvalue weighted by molar-refractivity contribution is -0.137. The van der Waals surface area contributed by atoms with Crippen LogP contribution in [0, 0.1) is 0 Å². The molecule has 3 aromatic rings. The molecule has 1 aliphatic rings. The first kappa shape index (κ1) is 25.1. The van der Waals surface area contributed by atoms with Gasteiger partial charge in [-0.1, -0.05) is 18.2 Å². The molecule has 10 heteroatoms. The van der Waals surface area contributed by atoms with E-state index in [0.717, 1.165) is 12.1 Å². The van der Waals surface area contributed by atoms with Gasteiger partial charge in [-0.15, -0.1) is 0 Å². The summed E-state index contributed by atoms with van der Waals surface area (Å²) in [7, 11) is 0. The molecule has 0 atom stereocenters. The zero-order valence-electron chi connectivity index (χ0n) is 19.2. The highest BCUT2D eigenvalue weighted by Gasteiger charge is 2.32. The lowest BCUT2D eigenvalue weighted by Gasteiger charge is -2.31. The Morgan fingerprint density at radius 2 is 1.61 bits per heavy atom. The first-order chi connectivity index (χ1) is 17.3. The molecular weight excluding hydrogens is 475 g/mol. The molecule has 3 aromatic carbocycles. The lowest BCUT2D eigenvalue weighted by atomic mass is 10.1. The van der Waals surface area contributed by atoms with Gasteiger partial charge in [-0.2, -0.15) is 13.2 Å². The van der Waals surface area contributed by atoms with Crippen LogP contribution >= 0.6 is 0 Å². The number of halogens is 3. The molecule has 1 fully saturated rings. The van der Waals surface area contributed by atoms with Crippen molar-refractivity contribution in [1.29, 1.82) is 0 Å². The Morgan fingerprint density at radius 1 is 0.917 bits per heavy atom. The van der Waals surface area contributed by atoms with Crippen LogP contribution in [0.4, 0.5) is 30.2 Å². The number of alkyl halides is 3. The Morgan fingerprint density at radius 3 is 2.28 bits per heavy atom. The third-order valence-corrected chi connectivity index (χ3v) is 5.47. The highest BCUT2D eigenvalue weighted by molar-refractivity contribution is 6.04. The molecule has 2 amide bonds. The summed E-state index contributed by atoms with van der Waals surface area (Å²) >= 11 is 0. The molecule has 1 aliphatic heterocycles. The number of morpholine rings is 1. The topological polar surface area (TPSA) is 79.9 Å². The average Bonchev–Trinajstić information content (AvgIpc) is 2.89. The number of carbonyl (C=O) groups is 2. The van der Waals surface area contributed by atoms with Crippen molar-refractivity contribution >= 4 is 28.9 Å². The number of carbonyl (C=O) groups excluding carboxylic acids is 2. The van der Waals surface area contributed by atoms with Gasteiger partial charge in [0.05, 0.1) is 30.2 Å². The van der Waals surface area contributed by atoms with E-state index in [1.807, 2.05) is 11.0 Å². The van der Waals surface area contributed by atoms with E-state index in [2.05, 4.69) is 10.6 Å². The van der Waals surface area contributed by atoms with Crippen LogP contribution in [0.3, 0.4) is 0 Å². The number of nitrogens with one attached hydrogen (secondary N) is 2. The Hall–Kier alpha value is -4.05. The molecule has 0 unspecified atom stereocenters. The molecular formula is C26H24F3N3O4. The van der Waals surface area contributed by atoms with Gasteiger partial charge in [-0.3, -0.25) is 9.59 Å². The van der Waals surface area contributed by atoms with E-state index in [4.69, 9.17) is 9.47 Å². The summed E-state index contributed by atoms with van der Waals surface area (Å²) in [6.45, 7) is 1.48. The molecule has 1 heterocycles. The van der Waals surface area contributed by atoms with E-state index in [9.17, 15) is 22.8 Å². The molecule has 0 aromatic heterocycles. The smallest absolute Gasteiger partial charge is 0.416 e. The van der Waals surface area contributed by atoms with Crippen LogP contribution in [0.2, 0.25) is 0 Å². The average molecular weight is 499 g/mol. The van der Waals surface area contributed by atoms with E-state index in [-0.39, 0.29) is 11.6 Å². The number of benzene rings is 3. The maximum absolute atomic E-state index is 13.3. The summed E-state index contributed by atoms with van der Waals surface area (Å²) in [6.07, 6.45) is -4.54. The maximum Gasteiger partial charge on any atom is 0.416 e. The molecule has 4 rings (SSSR count). The fourth-order valence-electron chi connectivity index (χ4n) is 3.65. The van der Waals surface area contributed by atoms with Gasteiger partial charge in [0.1, 0.15) is 5.75 Å². The van der Waals surface area contributed by atoms with Gasteiger partial charge in [0, 0.05) is 24.3 Å². The summed E-state index contributed by atoms with van der Waals surface area (Å²) in [6, 6.07) is 18.4. The first-order valence-electron chi connectivity index (χ1n) is 11.2. The summed E-state index contributed by atoms with van der Waals surface area (Å²) in [4.78, 5) is 26.6. The predicted molar refractivity (Wildman–Crippen MR) is 129 cm³/mol. The zero-order valence-corrected chi connectivity index (χ0v) is 19.2. The predicted octanol–water partition coefficient (Wildman–Crippen LogP) is 4.81. The Labute approximate surface area is 205 Å². The Kier molecular flexibility index (Phi) is 7.74. The van der Waals surface area contributed by atoms with Crippen LogP contribution in [0.15, 0.2) is 72.8 Å². The summed E-state index contributed by atoms with van der Waals surface area (Å²) in [5, 5.41) is 5.30. The minimum absolute atomic E-state index is 0.0549. The third kappa shape index (κ3) is 6.54. The van der Waals surface area contributed by atoms with Crippen LogP contribution in [-0.2, 0) is 15.7 Å². The van der Waals surface area contributed by atoms with Crippen LogP contribution in [0.25, 0.3) is 0 Å². The Balaban J connectivity index is 1.37. The number of anilines is 3. The number of amides is 2. The highest BCUT2D eigenvalue weighted by Crippen LogP contribution is 2.35. The molecule has 188 valence electrons. The first-order valence-corrected chi connectivity index (χ1v) is 11.2. The van der Waals surface area contributed by atoms with Crippen molar-refractivity contribution in [1.82, 2.24) is 0 Å². The van der Waals surface area contributed by atoms with E-state index in [1.54, 1.807) is 48.5 Å². The summed E-state index contributed by atoms with van der Waals surface area (Å²) in [5.41, 5.74) is 0.738. The monoisotopic (exact) mass is 499 g/mol. The summed E-state index contributed by atoms with van der Waals surface area (Å²) in [5.74, 6) is -0.508. The van der Waals surface area contributed by atoms with Crippen LogP contribution in [0.1, 0.15) is 15.9 Å². The SMILES string of the molecule is O=C(COc1ccc(NC(=O)c2ccccc2)cc1)Nc1cc(C(F)(F)F)ccc1N1CCOCC1. The van der Waals surface area contributed by atoms with E-state index < -0.39 is 24.3 Å². The molecule has 2 N–H and O–H groups in total. The molecule has 0 radical (unpaired) electrons. The van der Waals surface area contributed by atoms with E-state index in [0.29, 0.717) is 49.0 Å². The third-order valence-electron chi connectivity index (χ3n) is 5.47. The second-order valence-corrected chi connectivity index (χ2v) is 8.01. The maximum atomic E-state index is 13.3. The molecule has 0 spiro atoms. The zero-order chi connectivity index (χ0) is 25.5. The van der Waals surface area contributed by atoms with Gasteiger partial charge in [-0.25, -0.2) is 0 Å². The number of hydrogen-bond acceptors (Lipinski definition) is 5. The molecule has 0 bridgehead atoms. The van der Waals surface area contributed by atoms with Crippen LogP contribution in [0.5, 0.6) is 5.75 Å². The highest BCUT2D eigenvalue weighted by atomic mass is 19.4. The van der Waals surface area contributed by atoms with Gasteiger partial charge in [0.25, 0.3) is 11.8 Å². The van der Waals surface area contributed by atoms with Crippen molar-refractivity contribution in [3.05, 3.63) is 83.9 Å². The minimum Gasteiger partial charge on any atom is -0.484 e. The molecule has 36 heavy (non-hydrogen) atoms. The largest absolute Gasteiger partial charge is 0.484 e. The van der Waals surface area contributed by atoms with Gasteiger partial charge in [-0.05, 0) is 54.6 Å². The van der Waals surface area contributed by atoms with E-state index in [1.165, 1.54) is 6.07 Å². The van der Waals surface area contributed by atoms with Crippen molar-refractivity contribution in [2.75, 3.05) is 48.4 Å². The second kappa shape index (κ2) is 11.1.